The first kappa shape index (κ1) is 9.76. The average molecular weight is 215 g/mol. The SMILES string of the molecule is COc1cn(C2CCCC2)c2ccccc12. The van der Waals surface area contributed by atoms with E-state index in [0.717, 1.165) is 5.75 Å². The monoisotopic (exact) mass is 215 g/mol. The molecule has 1 aliphatic carbocycles. The van der Waals surface area contributed by atoms with E-state index in [2.05, 4.69) is 35.0 Å². The molecule has 0 saturated heterocycles. The van der Waals surface area contributed by atoms with Gasteiger partial charge in [-0.25, -0.2) is 0 Å². The van der Waals surface area contributed by atoms with Gasteiger partial charge in [-0.3, -0.25) is 0 Å². The second-order valence-electron chi connectivity index (χ2n) is 4.56. The number of rotatable bonds is 2. The van der Waals surface area contributed by atoms with Gasteiger partial charge in [0.2, 0.25) is 0 Å². The van der Waals surface area contributed by atoms with Crippen LogP contribution in [0.1, 0.15) is 31.7 Å². The summed E-state index contributed by atoms with van der Waals surface area (Å²) in [7, 11) is 1.75. The number of para-hydroxylation sites is 1. The van der Waals surface area contributed by atoms with Crippen molar-refractivity contribution in [3.63, 3.8) is 0 Å². The molecule has 1 heterocycles. The molecular formula is C14H17NO. The molecule has 0 amide bonds. The van der Waals surface area contributed by atoms with Gasteiger partial charge >= 0.3 is 0 Å². The molecule has 0 bridgehead atoms. The van der Waals surface area contributed by atoms with Gasteiger partial charge in [-0.15, -0.1) is 0 Å². The number of nitrogens with zero attached hydrogens (tertiary/aromatic N) is 1. The van der Waals surface area contributed by atoms with Gasteiger partial charge in [-0.05, 0) is 25.0 Å². The number of fused-ring (bicyclic) bond motifs is 1. The molecule has 0 unspecified atom stereocenters. The third kappa shape index (κ3) is 1.41. The van der Waals surface area contributed by atoms with Crippen molar-refractivity contribution in [1.29, 1.82) is 0 Å². The Bertz CT molecular complexity index is 494. The minimum absolute atomic E-state index is 0.675. The van der Waals surface area contributed by atoms with Crippen molar-refractivity contribution in [2.45, 2.75) is 31.7 Å². The van der Waals surface area contributed by atoms with Crippen molar-refractivity contribution in [3.05, 3.63) is 30.5 Å². The Hall–Kier alpha value is -1.44. The summed E-state index contributed by atoms with van der Waals surface area (Å²) in [5, 5.41) is 1.23. The summed E-state index contributed by atoms with van der Waals surface area (Å²) in [5.41, 5.74) is 1.31. The molecule has 2 aromatic rings. The summed E-state index contributed by atoms with van der Waals surface area (Å²) in [5.74, 6) is 1.00. The zero-order valence-electron chi connectivity index (χ0n) is 9.65. The topological polar surface area (TPSA) is 14.2 Å². The number of aromatic nitrogens is 1. The van der Waals surface area contributed by atoms with Crippen molar-refractivity contribution in [3.8, 4) is 5.75 Å². The Kier molecular flexibility index (Phi) is 2.35. The maximum atomic E-state index is 5.45. The summed E-state index contributed by atoms with van der Waals surface area (Å²) >= 11 is 0. The smallest absolute Gasteiger partial charge is 0.144 e. The molecule has 1 saturated carbocycles. The van der Waals surface area contributed by atoms with Crippen molar-refractivity contribution in [2.24, 2.45) is 0 Å². The lowest BCUT2D eigenvalue weighted by Gasteiger charge is -2.12. The third-order valence-electron chi connectivity index (χ3n) is 3.64. The van der Waals surface area contributed by atoms with Crippen LogP contribution in [0.25, 0.3) is 10.9 Å². The first-order valence-corrected chi connectivity index (χ1v) is 6.03. The number of methoxy groups -OCH3 is 1. The van der Waals surface area contributed by atoms with Crippen LogP contribution in [0.15, 0.2) is 30.5 Å². The Labute approximate surface area is 95.8 Å². The van der Waals surface area contributed by atoms with Gasteiger partial charge in [-0.1, -0.05) is 25.0 Å². The van der Waals surface area contributed by atoms with Crippen LogP contribution in [-0.4, -0.2) is 11.7 Å². The van der Waals surface area contributed by atoms with Gasteiger partial charge < -0.3 is 9.30 Å². The summed E-state index contributed by atoms with van der Waals surface area (Å²) in [6.07, 6.45) is 7.50. The van der Waals surface area contributed by atoms with Gasteiger partial charge in [-0.2, -0.15) is 0 Å². The Morgan fingerprint density at radius 2 is 1.94 bits per heavy atom. The normalized spacial score (nSPS) is 17.1. The summed E-state index contributed by atoms with van der Waals surface area (Å²) in [4.78, 5) is 0. The zero-order chi connectivity index (χ0) is 11.0. The van der Waals surface area contributed by atoms with E-state index in [1.165, 1.54) is 36.6 Å². The van der Waals surface area contributed by atoms with Crippen LogP contribution in [0.4, 0.5) is 0 Å². The Morgan fingerprint density at radius 1 is 1.19 bits per heavy atom. The molecule has 3 rings (SSSR count). The lowest BCUT2D eigenvalue weighted by molar-refractivity contribution is 0.414. The van der Waals surface area contributed by atoms with Crippen molar-refractivity contribution < 1.29 is 4.74 Å². The Balaban J connectivity index is 2.16. The van der Waals surface area contributed by atoms with Crippen LogP contribution in [0, 0.1) is 0 Å². The summed E-state index contributed by atoms with van der Waals surface area (Å²) in [6, 6.07) is 9.18. The highest BCUT2D eigenvalue weighted by Gasteiger charge is 2.19. The first-order chi connectivity index (χ1) is 7.90. The molecule has 0 spiro atoms. The predicted octanol–water partition coefficient (Wildman–Crippen LogP) is 3.77. The van der Waals surface area contributed by atoms with Crippen LogP contribution in [0.2, 0.25) is 0 Å². The Morgan fingerprint density at radius 3 is 2.69 bits per heavy atom. The number of hydrogen-bond acceptors (Lipinski definition) is 1. The molecule has 1 aromatic carbocycles. The largest absolute Gasteiger partial charge is 0.495 e. The zero-order valence-corrected chi connectivity index (χ0v) is 9.65. The molecule has 84 valence electrons. The maximum absolute atomic E-state index is 5.45. The van der Waals surface area contributed by atoms with E-state index < -0.39 is 0 Å². The fourth-order valence-electron chi connectivity index (χ4n) is 2.82. The molecule has 0 aliphatic heterocycles. The maximum Gasteiger partial charge on any atom is 0.144 e. The minimum atomic E-state index is 0.675. The van der Waals surface area contributed by atoms with Crippen molar-refractivity contribution in [1.82, 2.24) is 4.57 Å². The summed E-state index contributed by atoms with van der Waals surface area (Å²) < 4.78 is 7.85. The molecule has 16 heavy (non-hydrogen) atoms. The average Bonchev–Trinajstić information content (AvgIpc) is 2.95. The standard InChI is InChI=1S/C14H17NO/c1-16-14-10-15(11-6-2-3-7-11)13-9-5-4-8-12(13)14/h4-5,8-11H,2-3,6-7H2,1H3. The van der Waals surface area contributed by atoms with Crippen LogP contribution in [-0.2, 0) is 0 Å². The molecule has 0 radical (unpaired) electrons. The van der Waals surface area contributed by atoms with Crippen LogP contribution < -0.4 is 4.74 Å². The fourth-order valence-corrected chi connectivity index (χ4v) is 2.82. The number of hydrogen-bond donors (Lipinski definition) is 0. The van der Waals surface area contributed by atoms with Crippen LogP contribution in [0.5, 0.6) is 5.75 Å². The van der Waals surface area contributed by atoms with Crippen molar-refractivity contribution in [2.75, 3.05) is 7.11 Å². The molecule has 2 nitrogen and oxygen atoms in total. The summed E-state index contributed by atoms with van der Waals surface area (Å²) in [6.45, 7) is 0. The number of benzene rings is 1. The van der Waals surface area contributed by atoms with Crippen LogP contribution >= 0.6 is 0 Å². The van der Waals surface area contributed by atoms with E-state index in [-0.39, 0.29) is 0 Å². The highest BCUT2D eigenvalue weighted by molar-refractivity contribution is 5.87. The van der Waals surface area contributed by atoms with Gasteiger partial charge in [0.25, 0.3) is 0 Å². The van der Waals surface area contributed by atoms with E-state index in [4.69, 9.17) is 4.74 Å². The lowest BCUT2D eigenvalue weighted by Crippen LogP contribution is -2.02. The van der Waals surface area contributed by atoms with Crippen LogP contribution in [0.3, 0.4) is 0 Å². The van der Waals surface area contributed by atoms with E-state index in [0.29, 0.717) is 6.04 Å². The molecule has 0 N–H and O–H groups in total. The first-order valence-electron chi connectivity index (χ1n) is 6.03. The molecule has 2 heteroatoms. The molecule has 1 aromatic heterocycles. The molecular weight excluding hydrogens is 198 g/mol. The van der Waals surface area contributed by atoms with Gasteiger partial charge in [0.05, 0.1) is 12.6 Å². The van der Waals surface area contributed by atoms with E-state index in [1.54, 1.807) is 7.11 Å². The second kappa shape index (κ2) is 3.85. The molecule has 0 atom stereocenters. The van der Waals surface area contributed by atoms with E-state index >= 15 is 0 Å². The van der Waals surface area contributed by atoms with Gasteiger partial charge in [0.1, 0.15) is 5.75 Å². The molecule has 1 fully saturated rings. The van der Waals surface area contributed by atoms with E-state index in [9.17, 15) is 0 Å². The molecule has 1 aliphatic rings. The van der Waals surface area contributed by atoms with Crippen molar-refractivity contribution >= 4 is 10.9 Å². The minimum Gasteiger partial charge on any atom is -0.495 e. The third-order valence-corrected chi connectivity index (χ3v) is 3.64. The lowest BCUT2D eigenvalue weighted by atomic mass is 10.2. The second-order valence-corrected chi connectivity index (χ2v) is 4.56. The van der Waals surface area contributed by atoms with E-state index in [1.807, 2.05) is 0 Å². The highest BCUT2D eigenvalue weighted by atomic mass is 16.5. The number of ether oxygens (including phenoxy) is 1. The van der Waals surface area contributed by atoms with Gasteiger partial charge in [0, 0.05) is 17.6 Å². The fraction of sp³-hybridized carbons (Fsp3) is 0.429. The predicted molar refractivity (Wildman–Crippen MR) is 66.0 cm³/mol. The highest BCUT2D eigenvalue weighted by Crippen LogP contribution is 2.36. The quantitative estimate of drug-likeness (QED) is 0.744. The van der Waals surface area contributed by atoms with Gasteiger partial charge in [0.15, 0.2) is 0 Å².